The van der Waals surface area contributed by atoms with Crippen LogP contribution in [0.15, 0.2) is 17.1 Å². The maximum absolute atomic E-state index is 11.8. The van der Waals surface area contributed by atoms with Crippen LogP contribution in [0.3, 0.4) is 0 Å². The molecule has 0 N–H and O–H groups in total. The number of alkyl halides is 1. The summed E-state index contributed by atoms with van der Waals surface area (Å²) >= 11 is 3.41. The van der Waals surface area contributed by atoms with Gasteiger partial charge in [-0.05, 0) is 18.8 Å². The fraction of sp³-hybridized carbons (Fsp3) is 0.583. The van der Waals surface area contributed by atoms with Crippen LogP contribution in [0.5, 0.6) is 0 Å². The van der Waals surface area contributed by atoms with E-state index in [-0.39, 0.29) is 17.2 Å². The van der Waals surface area contributed by atoms with Gasteiger partial charge in [0.1, 0.15) is 0 Å². The lowest BCUT2D eigenvalue weighted by Gasteiger charge is -2.19. The van der Waals surface area contributed by atoms with Gasteiger partial charge in [-0.15, -0.1) is 0 Å². The molecule has 0 aliphatic carbocycles. The van der Waals surface area contributed by atoms with Crippen molar-refractivity contribution >= 4 is 21.6 Å². The Labute approximate surface area is 114 Å². The molecule has 0 saturated heterocycles. The second-order valence-corrected chi connectivity index (χ2v) is 5.40. The van der Waals surface area contributed by atoms with E-state index in [4.69, 9.17) is 0 Å². The zero-order valence-electron chi connectivity index (χ0n) is 10.7. The highest BCUT2D eigenvalue weighted by molar-refractivity contribution is 9.09. The Morgan fingerprint density at radius 2 is 2.11 bits per heavy atom. The van der Waals surface area contributed by atoms with Crippen molar-refractivity contribution in [1.82, 2.24) is 4.57 Å². The number of hydrogen-bond donors (Lipinski definition) is 0. The van der Waals surface area contributed by atoms with Gasteiger partial charge in [0.05, 0.1) is 11.1 Å². The molecule has 0 fully saturated rings. The Morgan fingerprint density at radius 1 is 1.50 bits per heavy atom. The predicted octanol–water partition coefficient (Wildman–Crippen LogP) is 2.73. The van der Waals surface area contributed by atoms with E-state index in [1.165, 1.54) is 16.8 Å². The van der Waals surface area contributed by atoms with Crippen molar-refractivity contribution in [3.63, 3.8) is 0 Å². The Hall–Kier alpha value is -1.17. The zero-order chi connectivity index (χ0) is 13.9. The third-order valence-electron chi connectivity index (χ3n) is 3.07. The molecule has 1 atom stereocenters. The van der Waals surface area contributed by atoms with Crippen LogP contribution < -0.4 is 5.56 Å². The first-order chi connectivity index (χ1) is 8.36. The standard InChI is InChI=1S/C12H17BrN2O3/c1-8(2)10(5-13)6-14-7-11(15(17)18)9(3)4-12(14)16/h4,7-8,10H,5-6H2,1-3H3. The van der Waals surface area contributed by atoms with Crippen molar-refractivity contribution in [3.8, 4) is 0 Å². The first kappa shape index (κ1) is 14.9. The molecule has 100 valence electrons. The number of nitro groups is 1. The normalized spacial score (nSPS) is 12.7. The summed E-state index contributed by atoms with van der Waals surface area (Å²) in [4.78, 5) is 22.2. The van der Waals surface area contributed by atoms with Gasteiger partial charge in [0.15, 0.2) is 0 Å². The quantitative estimate of drug-likeness (QED) is 0.476. The van der Waals surface area contributed by atoms with E-state index in [1.807, 2.05) is 0 Å². The summed E-state index contributed by atoms with van der Waals surface area (Å²) in [5.41, 5.74) is 0.206. The number of hydrogen-bond acceptors (Lipinski definition) is 3. The number of pyridine rings is 1. The second kappa shape index (κ2) is 6.13. The average molecular weight is 317 g/mol. The number of aromatic nitrogens is 1. The number of aryl methyl sites for hydroxylation is 1. The molecule has 0 radical (unpaired) electrons. The van der Waals surface area contributed by atoms with Crippen LogP contribution in [-0.4, -0.2) is 14.8 Å². The van der Waals surface area contributed by atoms with Gasteiger partial charge in [-0.3, -0.25) is 14.9 Å². The molecule has 0 amide bonds. The average Bonchev–Trinajstić information content (AvgIpc) is 2.26. The molecule has 1 aromatic heterocycles. The maximum atomic E-state index is 11.8. The number of rotatable bonds is 5. The van der Waals surface area contributed by atoms with Gasteiger partial charge >= 0.3 is 0 Å². The minimum Gasteiger partial charge on any atom is -0.309 e. The minimum atomic E-state index is -0.455. The van der Waals surface area contributed by atoms with Crippen LogP contribution in [0.4, 0.5) is 5.69 Å². The van der Waals surface area contributed by atoms with Gasteiger partial charge in [-0.2, -0.15) is 0 Å². The summed E-state index contributed by atoms with van der Waals surface area (Å²) in [5, 5.41) is 11.6. The molecule has 0 bridgehead atoms. The van der Waals surface area contributed by atoms with Gasteiger partial charge in [-0.25, -0.2) is 0 Å². The molecule has 6 heteroatoms. The predicted molar refractivity (Wildman–Crippen MR) is 74.2 cm³/mol. The Balaban J connectivity index is 3.13. The molecular weight excluding hydrogens is 300 g/mol. The molecule has 1 aromatic rings. The van der Waals surface area contributed by atoms with E-state index in [9.17, 15) is 14.9 Å². The van der Waals surface area contributed by atoms with Crippen LogP contribution in [0.25, 0.3) is 0 Å². The monoisotopic (exact) mass is 316 g/mol. The Morgan fingerprint density at radius 3 is 2.56 bits per heavy atom. The van der Waals surface area contributed by atoms with Crippen molar-refractivity contribution < 1.29 is 4.92 Å². The van der Waals surface area contributed by atoms with Gasteiger partial charge in [0, 0.05) is 23.5 Å². The second-order valence-electron chi connectivity index (χ2n) is 4.75. The molecule has 0 spiro atoms. The maximum Gasteiger partial charge on any atom is 0.288 e. The molecule has 18 heavy (non-hydrogen) atoms. The summed E-state index contributed by atoms with van der Waals surface area (Å²) in [6.45, 7) is 6.20. The highest BCUT2D eigenvalue weighted by Gasteiger charge is 2.17. The molecular formula is C12H17BrN2O3. The van der Waals surface area contributed by atoms with E-state index in [0.29, 0.717) is 18.0 Å². The minimum absolute atomic E-state index is 0.00771. The fourth-order valence-corrected chi connectivity index (χ4v) is 2.63. The summed E-state index contributed by atoms with van der Waals surface area (Å²) in [5.74, 6) is 0.668. The van der Waals surface area contributed by atoms with Crippen molar-refractivity contribution in [2.75, 3.05) is 5.33 Å². The lowest BCUT2D eigenvalue weighted by atomic mass is 9.98. The van der Waals surface area contributed by atoms with Crippen LogP contribution in [0, 0.1) is 28.9 Å². The molecule has 1 heterocycles. The highest BCUT2D eigenvalue weighted by Crippen LogP contribution is 2.18. The van der Waals surface area contributed by atoms with Crippen molar-refractivity contribution in [2.45, 2.75) is 27.3 Å². The fourth-order valence-electron chi connectivity index (χ4n) is 1.68. The summed E-state index contributed by atoms with van der Waals surface area (Å²) in [7, 11) is 0. The van der Waals surface area contributed by atoms with E-state index in [0.717, 1.165) is 5.33 Å². The van der Waals surface area contributed by atoms with Gasteiger partial charge in [-0.1, -0.05) is 29.8 Å². The van der Waals surface area contributed by atoms with Gasteiger partial charge in [0.2, 0.25) is 0 Å². The Bertz CT molecular complexity index is 497. The van der Waals surface area contributed by atoms with Crippen LogP contribution in [0.2, 0.25) is 0 Å². The Kier molecular flexibility index (Phi) is 5.07. The summed E-state index contributed by atoms with van der Waals surface area (Å²) in [6, 6.07) is 1.32. The van der Waals surface area contributed by atoms with E-state index in [1.54, 1.807) is 6.92 Å². The molecule has 0 saturated carbocycles. The summed E-state index contributed by atoms with van der Waals surface area (Å²) < 4.78 is 1.43. The zero-order valence-corrected chi connectivity index (χ0v) is 12.3. The molecule has 1 unspecified atom stereocenters. The van der Waals surface area contributed by atoms with Gasteiger partial charge < -0.3 is 4.57 Å². The number of halogens is 1. The van der Waals surface area contributed by atoms with Crippen molar-refractivity contribution in [3.05, 3.63) is 38.3 Å². The lowest BCUT2D eigenvalue weighted by Crippen LogP contribution is -2.27. The van der Waals surface area contributed by atoms with E-state index >= 15 is 0 Å². The largest absolute Gasteiger partial charge is 0.309 e. The van der Waals surface area contributed by atoms with E-state index < -0.39 is 4.92 Å². The van der Waals surface area contributed by atoms with Crippen molar-refractivity contribution in [2.24, 2.45) is 11.8 Å². The molecule has 0 aromatic carbocycles. The molecule has 1 rings (SSSR count). The smallest absolute Gasteiger partial charge is 0.288 e. The highest BCUT2D eigenvalue weighted by atomic mass is 79.9. The topological polar surface area (TPSA) is 65.1 Å². The first-order valence-corrected chi connectivity index (χ1v) is 6.90. The first-order valence-electron chi connectivity index (χ1n) is 5.78. The van der Waals surface area contributed by atoms with Crippen LogP contribution >= 0.6 is 15.9 Å². The SMILES string of the molecule is Cc1cc(=O)n(CC(CBr)C(C)C)cc1[N+](=O)[O-]. The molecule has 0 aliphatic rings. The molecule has 0 aliphatic heterocycles. The third kappa shape index (κ3) is 3.41. The third-order valence-corrected chi connectivity index (χ3v) is 3.91. The van der Waals surface area contributed by atoms with Crippen LogP contribution in [-0.2, 0) is 6.54 Å². The van der Waals surface area contributed by atoms with E-state index in [2.05, 4.69) is 29.8 Å². The molecule has 5 nitrogen and oxygen atoms in total. The number of nitrogens with zero attached hydrogens (tertiary/aromatic N) is 2. The summed E-state index contributed by atoms with van der Waals surface area (Å²) in [6.07, 6.45) is 1.34. The van der Waals surface area contributed by atoms with Crippen molar-refractivity contribution in [1.29, 1.82) is 0 Å². The van der Waals surface area contributed by atoms with Gasteiger partial charge in [0.25, 0.3) is 11.2 Å². The van der Waals surface area contributed by atoms with Crippen LogP contribution in [0.1, 0.15) is 19.4 Å². The lowest BCUT2D eigenvalue weighted by molar-refractivity contribution is -0.386.